The van der Waals surface area contributed by atoms with Crippen LogP contribution in [0.2, 0.25) is 5.02 Å². The van der Waals surface area contributed by atoms with Gasteiger partial charge < -0.3 is 9.84 Å². The fraction of sp³-hybridized carbons (Fsp3) is 0.600. The van der Waals surface area contributed by atoms with E-state index in [1.165, 1.54) is 0 Å². The van der Waals surface area contributed by atoms with Crippen LogP contribution in [-0.2, 0) is 0 Å². The van der Waals surface area contributed by atoms with Crippen LogP contribution in [0.1, 0.15) is 36.6 Å². The highest BCUT2D eigenvalue weighted by molar-refractivity contribution is 6.32. The van der Waals surface area contributed by atoms with Crippen LogP contribution in [0.4, 0.5) is 0 Å². The Kier molecular flexibility index (Phi) is 4.39. The van der Waals surface area contributed by atoms with E-state index in [1.807, 2.05) is 19.9 Å². The predicted molar refractivity (Wildman–Crippen MR) is 78.1 cm³/mol. The molecule has 0 aliphatic carbocycles. The molecule has 1 aliphatic heterocycles. The molecule has 1 aromatic rings. The molecule has 0 radical (unpaired) electrons. The number of aliphatic hydroxyl groups is 1. The Balaban J connectivity index is 2.43. The van der Waals surface area contributed by atoms with Crippen molar-refractivity contribution in [3.8, 4) is 5.75 Å². The Bertz CT molecular complexity index is 472. The molecule has 2 unspecified atom stereocenters. The van der Waals surface area contributed by atoms with Crippen molar-refractivity contribution < 1.29 is 9.84 Å². The van der Waals surface area contributed by atoms with E-state index >= 15 is 0 Å². The zero-order chi connectivity index (χ0) is 14.2. The second-order valence-corrected chi connectivity index (χ2v) is 5.47. The molecule has 2 rings (SSSR count). The van der Waals surface area contributed by atoms with Crippen molar-refractivity contribution in [2.24, 2.45) is 0 Å². The summed E-state index contributed by atoms with van der Waals surface area (Å²) in [5.74, 6) is 0.773. The molecule has 2 atom stereocenters. The molecule has 4 heteroatoms. The van der Waals surface area contributed by atoms with E-state index in [1.54, 1.807) is 0 Å². The van der Waals surface area contributed by atoms with Crippen molar-refractivity contribution in [3.63, 3.8) is 0 Å². The zero-order valence-corrected chi connectivity index (χ0v) is 12.8. The number of aliphatic hydroxyl groups excluding tert-OH is 1. The lowest BCUT2D eigenvalue weighted by Gasteiger charge is -2.38. The van der Waals surface area contributed by atoms with Gasteiger partial charge in [0.05, 0.1) is 6.04 Å². The molecule has 3 nitrogen and oxygen atoms in total. The third-order valence-electron chi connectivity index (χ3n) is 4.04. The van der Waals surface area contributed by atoms with Crippen molar-refractivity contribution >= 4 is 11.6 Å². The Hall–Kier alpha value is -0.770. The lowest BCUT2D eigenvalue weighted by molar-refractivity contribution is 0.00743. The molecule has 1 heterocycles. The van der Waals surface area contributed by atoms with Gasteiger partial charge in [0.2, 0.25) is 0 Å². The minimum absolute atomic E-state index is 0.0000252. The Morgan fingerprint density at radius 1 is 1.37 bits per heavy atom. The number of rotatable bonds is 3. The maximum absolute atomic E-state index is 10.7. The summed E-state index contributed by atoms with van der Waals surface area (Å²) in [6.45, 7) is 10.4. The molecule has 1 aromatic carbocycles. The average molecular weight is 284 g/mol. The van der Waals surface area contributed by atoms with Crippen LogP contribution in [0.25, 0.3) is 0 Å². The number of benzene rings is 1. The number of hydrogen-bond acceptors (Lipinski definition) is 3. The summed E-state index contributed by atoms with van der Waals surface area (Å²) in [6, 6.07) is 1.92. The smallest absolute Gasteiger partial charge is 0.125 e. The molecule has 0 fully saturated rings. The first-order valence-electron chi connectivity index (χ1n) is 6.85. The Morgan fingerprint density at radius 2 is 2.00 bits per heavy atom. The highest BCUT2D eigenvalue weighted by Gasteiger charge is 2.34. The predicted octanol–water partition coefficient (Wildman–Crippen LogP) is 3.09. The number of ether oxygens (including phenoxy) is 1. The van der Waals surface area contributed by atoms with Crippen LogP contribution < -0.4 is 4.74 Å². The molecule has 0 spiro atoms. The number of halogens is 1. The highest BCUT2D eigenvalue weighted by Crippen LogP contribution is 2.40. The van der Waals surface area contributed by atoms with Crippen molar-refractivity contribution in [1.82, 2.24) is 4.90 Å². The summed E-state index contributed by atoms with van der Waals surface area (Å²) < 4.78 is 5.85. The van der Waals surface area contributed by atoms with E-state index in [0.29, 0.717) is 6.61 Å². The van der Waals surface area contributed by atoms with Crippen LogP contribution >= 0.6 is 11.6 Å². The molecule has 0 bridgehead atoms. The van der Waals surface area contributed by atoms with E-state index in [0.717, 1.165) is 40.6 Å². The van der Waals surface area contributed by atoms with E-state index < -0.39 is 6.10 Å². The number of fused-ring (bicyclic) bond motifs is 1. The zero-order valence-electron chi connectivity index (χ0n) is 12.0. The highest BCUT2D eigenvalue weighted by atomic mass is 35.5. The largest absolute Gasteiger partial charge is 0.491 e. The van der Waals surface area contributed by atoms with Gasteiger partial charge >= 0.3 is 0 Å². The first-order chi connectivity index (χ1) is 9.01. The summed E-state index contributed by atoms with van der Waals surface area (Å²) in [6.07, 6.45) is -0.540. The topological polar surface area (TPSA) is 32.7 Å². The summed E-state index contributed by atoms with van der Waals surface area (Å²) in [4.78, 5) is 2.22. The second-order valence-electron chi connectivity index (χ2n) is 5.09. The molecule has 0 saturated heterocycles. The standard InChI is InChI=1S/C15H22ClNO2/c1-5-17(6-2)11-8-19-12-7-9(3)14(16)10(4)13(12)15(11)18/h7,11,15,18H,5-6,8H2,1-4H3. The number of hydrogen-bond donors (Lipinski definition) is 1. The summed E-state index contributed by atoms with van der Waals surface area (Å²) >= 11 is 6.29. The first kappa shape index (κ1) is 14.6. The van der Waals surface area contributed by atoms with Gasteiger partial charge in [0, 0.05) is 10.6 Å². The molecular formula is C15H22ClNO2. The minimum atomic E-state index is -0.540. The number of nitrogens with zero attached hydrogens (tertiary/aromatic N) is 1. The molecule has 0 aromatic heterocycles. The summed E-state index contributed by atoms with van der Waals surface area (Å²) in [5, 5.41) is 11.4. The third kappa shape index (κ3) is 2.47. The van der Waals surface area contributed by atoms with Gasteiger partial charge in [0.25, 0.3) is 0 Å². The molecule has 106 valence electrons. The van der Waals surface area contributed by atoms with E-state index in [4.69, 9.17) is 16.3 Å². The van der Waals surface area contributed by atoms with Gasteiger partial charge in [-0.1, -0.05) is 25.4 Å². The normalized spacial score (nSPS) is 22.3. The number of aryl methyl sites for hydroxylation is 1. The summed E-state index contributed by atoms with van der Waals surface area (Å²) in [5.41, 5.74) is 2.77. The van der Waals surface area contributed by atoms with Crippen LogP contribution in [0.5, 0.6) is 5.75 Å². The Morgan fingerprint density at radius 3 is 2.58 bits per heavy atom. The molecule has 19 heavy (non-hydrogen) atoms. The fourth-order valence-corrected chi connectivity index (χ4v) is 3.04. The molecule has 1 aliphatic rings. The Labute approximate surface area is 120 Å². The van der Waals surface area contributed by atoms with Gasteiger partial charge in [-0.25, -0.2) is 0 Å². The quantitative estimate of drug-likeness (QED) is 0.925. The van der Waals surface area contributed by atoms with Gasteiger partial charge in [-0.3, -0.25) is 4.90 Å². The minimum Gasteiger partial charge on any atom is -0.491 e. The summed E-state index contributed by atoms with van der Waals surface area (Å²) in [7, 11) is 0. The van der Waals surface area contributed by atoms with Crippen LogP contribution in [0, 0.1) is 13.8 Å². The molecule has 0 saturated carbocycles. The lowest BCUT2D eigenvalue weighted by Crippen LogP contribution is -2.46. The monoisotopic (exact) mass is 283 g/mol. The molecule has 0 amide bonds. The van der Waals surface area contributed by atoms with Crippen LogP contribution in [0.15, 0.2) is 6.07 Å². The second kappa shape index (κ2) is 5.70. The van der Waals surface area contributed by atoms with Gasteiger partial charge in [-0.15, -0.1) is 0 Å². The average Bonchev–Trinajstić information content (AvgIpc) is 2.39. The van der Waals surface area contributed by atoms with E-state index in [2.05, 4.69) is 18.7 Å². The SMILES string of the molecule is CCN(CC)C1COc2cc(C)c(Cl)c(C)c2C1O. The lowest BCUT2D eigenvalue weighted by atomic mass is 9.92. The van der Waals surface area contributed by atoms with Gasteiger partial charge in [0.1, 0.15) is 18.5 Å². The van der Waals surface area contributed by atoms with E-state index in [9.17, 15) is 5.11 Å². The van der Waals surface area contributed by atoms with Crippen molar-refractivity contribution in [2.45, 2.75) is 39.8 Å². The van der Waals surface area contributed by atoms with Gasteiger partial charge in [-0.05, 0) is 44.1 Å². The van der Waals surface area contributed by atoms with Gasteiger partial charge in [-0.2, -0.15) is 0 Å². The molecular weight excluding hydrogens is 262 g/mol. The number of likely N-dealkylation sites (N-methyl/N-ethyl adjacent to an activating group) is 1. The van der Waals surface area contributed by atoms with Crippen molar-refractivity contribution in [3.05, 3.63) is 27.8 Å². The van der Waals surface area contributed by atoms with Gasteiger partial charge in [0.15, 0.2) is 0 Å². The maximum Gasteiger partial charge on any atom is 0.125 e. The maximum atomic E-state index is 10.7. The van der Waals surface area contributed by atoms with E-state index in [-0.39, 0.29) is 6.04 Å². The van der Waals surface area contributed by atoms with Crippen LogP contribution in [0.3, 0.4) is 0 Å². The first-order valence-corrected chi connectivity index (χ1v) is 7.23. The van der Waals surface area contributed by atoms with Crippen LogP contribution in [-0.4, -0.2) is 35.7 Å². The van der Waals surface area contributed by atoms with Crippen molar-refractivity contribution in [1.29, 1.82) is 0 Å². The fourth-order valence-electron chi connectivity index (χ4n) is 2.88. The van der Waals surface area contributed by atoms with Crippen molar-refractivity contribution in [2.75, 3.05) is 19.7 Å². The third-order valence-corrected chi connectivity index (χ3v) is 4.63. The molecule has 1 N–H and O–H groups in total.